The maximum Gasteiger partial charge on any atom is 0.221 e. The second-order valence-corrected chi connectivity index (χ2v) is 6.55. The minimum absolute atomic E-state index is 0.485. The van der Waals surface area contributed by atoms with E-state index in [2.05, 4.69) is 15.5 Å². The summed E-state index contributed by atoms with van der Waals surface area (Å²) in [6.45, 7) is 0. The molecular formula is C23H18N4O2. The number of nitrogens with zero attached hydrogens (tertiary/aromatic N) is 2. The van der Waals surface area contributed by atoms with Gasteiger partial charge in [-0.25, -0.2) is 0 Å². The van der Waals surface area contributed by atoms with Crippen LogP contribution in [-0.4, -0.2) is 22.3 Å². The van der Waals surface area contributed by atoms with Crippen LogP contribution in [0, 0.1) is 0 Å². The van der Waals surface area contributed by atoms with Gasteiger partial charge in [0.25, 0.3) is 0 Å². The first-order chi connectivity index (χ1) is 14.3. The topological polar surface area (TPSA) is 72.1 Å². The highest BCUT2D eigenvalue weighted by Gasteiger charge is 2.11. The van der Waals surface area contributed by atoms with E-state index in [0.717, 1.165) is 33.2 Å². The van der Waals surface area contributed by atoms with Crippen LogP contribution in [0.1, 0.15) is 0 Å². The van der Waals surface area contributed by atoms with Gasteiger partial charge in [0.15, 0.2) is 5.82 Å². The molecule has 3 aromatic carbocycles. The lowest BCUT2D eigenvalue weighted by molar-refractivity contribution is 0.407. The van der Waals surface area contributed by atoms with Gasteiger partial charge in [0.2, 0.25) is 5.88 Å². The Morgan fingerprint density at radius 1 is 0.793 bits per heavy atom. The summed E-state index contributed by atoms with van der Waals surface area (Å²) in [5.74, 6) is 3.27. The van der Waals surface area contributed by atoms with E-state index in [-0.39, 0.29) is 0 Å². The van der Waals surface area contributed by atoms with Crippen molar-refractivity contribution in [3.63, 3.8) is 0 Å². The van der Waals surface area contributed by atoms with Crippen LogP contribution in [0.15, 0.2) is 78.9 Å². The van der Waals surface area contributed by atoms with Gasteiger partial charge in [0.05, 0.1) is 12.6 Å². The first-order valence-corrected chi connectivity index (χ1v) is 9.22. The molecule has 2 heterocycles. The molecule has 0 saturated heterocycles. The number of nitrogens with one attached hydrogen (secondary N) is 2. The van der Waals surface area contributed by atoms with Crippen LogP contribution in [0.3, 0.4) is 0 Å². The third kappa shape index (κ3) is 3.32. The fourth-order valence-corrected chi connectivity index (χ4v) is 3.28. The van der Waals surface area contributed by atoms with E-state index >= 15 is 0 Å². The van der Waals surface area contributed by atoms with E-state index < -0.39 is 0 Å². The van der Waals surface area contributed by atoms with Gasteiger partial charge in [0.1, 0.15) is 17.3 Å². The number of benzene rings is 3. The van der Waals surface area contributed by atoms with E-state index in [0.29, 0.717) is 17.4 Å². The van der Waals surface area contributed by atoms with Gasteiger partial charge in [-0.05, 0) is 29.7 Å². The molecule has 0 unspecified atom stereocenters. The number of aromatic amines is 1. The minimum atomic E-state index is 0.485. The molecule has 0 saturated carbocycles. The number of methoxy groups -OCH3 is 1. The van der Waals surface area contributed by atoms with Crippen molar-refractivity contribution < 1.29 is 9.47 Å². The SMILES string of the molecule is COc1cccc(Oc2cc3ccccc3c(Nc3n[nH]c4ccccc34)n2)c1. The summed E-state index contributed by atoms with van der Waals surface area (Å²) >= 11 is 0. The van der Waals surface area contributed by atoms with E-state index in [1.807, 2.05) is 78.9 Å². The highest BCUT2D eigenvalue weighted by Crippen LogP contribution is 2.32. The zero-order valence-corrected chi connectivity index (χ0v) is 15.7. The summed E-state index contributed by atoms with van der Waals surface area (Å²) in [6.07, 6.45) is 0. The maximum atomic E-state index is 6.02. The van der Waals surface area contributed by atoms with Crippen LogP contribution >= 0.6 is 0 Å². The predicted molar refractivity (Wildman–Crippen MR) is 114 cm³/mol. The average molecular weight is 382 g/mol. The molecule has 2 aromatic heterocycles. The van der Waals surface area contributed by atoms with Crippen molar-refractivity contribution in [3.8, 4) is 17.4 Å². The van der Waals surface area contributed by atoms with Crippen molar-refractivity contribution in [1.29, 1.82) is 0 Å². The van der Waals surface area contributed by atoms with Crippen LogP contribution in [0.4, 0.5) is 11.6 Å². The number of pyridine rings is 1. The minimum Gasteiger partial charge on any atom is -0.497 e. The van der Waals surface area contributed by atoms with E-state index in [9.17, 15) is 0 Å². The third-order valence-electron chi connectivity index (χ3n) is 4.69. The van der Waals surface area contributed by atoms with Crippen molar-refractivity contribution in [2.24, 2.45) is 0 Å². The third-order valence-corrected chi connectivity index (χ3v) is 4.69. The maximum absolute atomic E-state index is 6.02. The zero-order chi connectivity index (χ0) is 19.6. The Kier molecular flexibility index (Phi) is 4.22. The van der Waals surface area contributed by atoms with Crippen molar-refractivity contribution >= 4 is 33.3 Å². The van der Waals surface area contributed by atoms with Crippen molar-refractivity contribution in [2.45, 2.75) is 0 Å². The summed E-state index contributed by atoms with van der Waals surface area (Å²) in [5, 5.41) is 13.8. The smallest absolute Gasteiger partial charge is 0.221 e. The summed E-state index contributed by atoms with van der Waals surface area (Å²) < 4.78 is 11.3. The van der Waals surface area contributed by atoms with Crippen LogP contribution in [0.2, 0.25) is 0 Å². The molecule has 142 valence electrons. The number of hydrogen-bond acceptors (Lipinski definition) is 5. The summed E-state index contributed by atoms with van der Waals surface area (Å²) in [4.78, 5) is 4.71. The highest BCUT2D eigenvalue weighted by molar-refractivity contribution is 5.97. The molecule has 0 spiro atoms. The molecule has 0 aliphatic heterocycles. The molecule has 6 heteroatoms. The molecule has 2 N–H and O–H groups in total. The quantitative estimate of drug-likeness (QED) is 0.411. The second kappa shape index (κ2) is 7.16. The number of fused-ring (bicyclic) bond motifs is 2. The van der Waals surface area contributed by atoms with E-state index in [1.165, 1.54) is 0 Å². The summed E-state index contributed by atoms with van der Waals surface area (Å²) in [5.41, 5.74) is 0.961. The Hall–Kier alpha value is -4.06. The fourth-order valence-electron chi connectivity index (χ4n) is 3.28. The van der Waals surface area contributed by atoms with Gasteiger partial charge >= 0.3 is 0 Å². The number of anilines is 2. The molecule has 29 heavy (non-hydrogen) atoms. The van der Waals surface area contributed by atoms with Gasteiger partial charge in [-0.3, -0.25) is 5.10 Å². The normalized spacial score (nSPS) is 10.9. The number of aromatic nitrogens is 3. The fraction of sp³-hybridized carbons (Fsp3) is 0.0435. The number of rotatable bonds is 5. The Balaban J connectivity index is 1.57. The molecule has 0 amide bonds. The van der Waals surface area contributed by atoms with Gasteiger partial charge in [-0.2, -0.15) is 10.1 Å². The molecule has 0 atom stereocenters. The highest BCUT2D eigenvalue weighted by atomic mass is 16.5. The van der Waals surface area contributed by atoms with Crippen LogP contribution in [0.5, 0.6) is 17.4 Å². The molecule has 0 fully saturated rings. The van der Waals surface area contributed by atoms with Gasteiger partial charge in [-0.1, -0.05) is 42.5 Å². The average Bonchev–Trinajstić information content (AvgIpc) is 3.17. The van der Waals surface area contributed by atoms with E-state index in [4.69, 9.17) is 14.5 Å². The predicted octanol–water partition coefficient (Wildman–Crippen LogP) is 5.66. The molecule has 0 bridgehead atoms. The Morgan fingerprint density at radius 3 is 2.48 bits per heavy atom. The molecule has 5 rings (SSSR count). The molecule has 0 aliphatic rings. The lowest BCUT2D eigenvalue weighted by atomic mass is 10.1. The van der Waals surface area contributed by atoms with Gasteiger partial charge < -0.3 is 14.8 Å². The lowest BCUT2D eigenvalue weighted by Gasteiger charge is -2.12. The van der Waals surface area contributed by atoms with Gasteiger partial charge in [-0.15, -0.1) is 0 Å². The first kappa shape index (κ1) is 17.1. The summed E-state index contributed by atoms with van der Waals surface area (Å²) in [6, 6.07) is 25.4. The van der Waals surface area contributed by atoms with Crippen molar-refractivity contribution in [2.75, 3.05) is 12.4 Å². The lowest BCUT2D eigenvalue weighted by Crippen LogP contribution is -1.98. The van der Waals surface area contributed by atoms with Crippen LogP contribution < -0.4 is 14.8 Å². The number of H-pyrrole nitrogens is 1. The second-order valence-electron chi connectivity index (χ2n) is 6.55. The van der Waals surface area contributed by atoms with Crippen molar-refractivity contribution in [1.82, 2.24) is 15.2 Å². The first-order valence-electron chi connectivity index (χ1n) is 9.22. The molecular weight excluding hydrogens is 364 g/mol. The molecule has 0 radical (unpaired) electrons. The standard InChI is InChI=1S/C23H18N4O2/c1-28-16-8-6-9-17(14-16)29-21-13-15-7-2-3-10-18(15)22(24-21)25-23-19-11-4-5-12-20(19)26-27-23/h2-14H,1H3,(H2,24,25,26,27). The summed E-state index contributed by atoms with van der Waals surface area (Å²) in [7, 11) is 1.63. The Morgan fingerprint density at radius 2 is 1.59 bits per heavy atom. The molecule has 6 nitrogen and oxygen atoms in total. The number of para-hydroxylation sites is 1. The number of ether oxygens (including phenoxy) is 2. The van der Waals surface area contributed by atoms with Crippen LogP contribution in [-0.2, 0) is 0 Å². The van der Waals surface area contributed by atoms with E-state index in [1.54, 1.807) is 7.11 Å². The van der Waals surface area contributed by atoms with Gasteiger partial charge in [0, 0.05) is 22.9 Å². The zero-order valence-electron chi connectivity index (χ0n) is 15.7. The Bertz CT molecular complexity index is 1310. The molecule has 0 aliphatic carbocycles. The monoisotopic (exact) mass is 382 g/mol. The number of hydrogen-bond donors (Lipinski definition) is 2. The van der Waals surface area contributed by atoms with Crippen molar-refractivity contribution in [3.05, 3.63) is 78.9 Å². The van der Waals surface area contributed by atoms with Crippen LogP contribution in [0.25, 0.3) is 21.7 Å². The molecule has 5 aromatic rings. The Labute approximate surface area is 167 Å². The largest absolute Gasteiger partial charge is 0.497 e.